The molecule has 2 rings (SSSR count). The van der Waals surface area contributed by atoms with Gasteiger partial charge in [0, 0.05) is 18.6 Å². The van der Waals surface area contributed by atoms with Gasteiger partial charge < -0.3 is 19.8 Å². The largest absolute Gasteiger partial charge is 0.465 e. The molecule has 24 heavy (non-hydrogen) atoms. The normalized spacial score (nSPS) is 11.2. The number of nitrogens with zero attached hydrogens (tertiary/aromatic N) is 1. The maximum atomic E-state index is 11.6. The van der Waals surface area contributed by atoms with Gasteiger partial charge in [-0.15, -0.1) is 0 Å². The lowest BCUT2D eigenvalue weighted by molar-refractivity contribution is 0.0599. The average Bonchev–Trinajstić information content (AvgIpc) is 2.96. The maximum absolute atomic E-state index is 11.6. The van der Waals surface area contributed by atoms with Crippen molar-refractivity contribution in [3.8, 4) is 0 Å². The Morgan fingerprint density at radius 3 is 2.67 bits per heavy atom. The molecule has 0 bridgehead atoms. The molecule has 1 aromatic heterocycles. The van der Waals surface area contributed by atoms with Gasteiger partial charge in [0.15, 0.2) is 5.96 Å². The first-order valence-corrected chi connectivity index (χ1v) is 7.78. The summed E-state index contributed by atoms with van der Waals surface area (Å²) in [4.78, 5) is 15.7. The highest BCUT2D eigenvalue weighted by atomic mass is 35.5. The molecule has 0 unspecified atom stereocenters. The Balaban J connectivity index is 1.92. The number of esters is 1. The van der Waals surface area contributed by atoms with E-state index in [4.69, 9.17) is 20.8 Å². The molecular weight excluding hydrogens is 330 g/mol. The summed E-state index contributed by atoms with van der Waals surface area (Å²) in [7, 11) is 3.02. The van der Waals surface area contributed by atoms with Crippen LogP contribution in [-0.4, -0.2) is 26.1 Å². The maximum Gasteiger partial charge on any atom is 0.341 e. The van der Waals surface area contributed by atoms with Crippen LogP contribution < -0.4 is 10.6 Å². The highest BCUT2D eigenvalue weighted by Gasteiger charge is 2.15. The minimum atomic E-state index is -0.413. The van der Waals surface area contributed by atoms with Gasteiger partial charge in [0.2, 0.25) is 0 Å². The van der Waals surface area contributed by atoms with Crippen LogP contribution in [0.2, 0.25) is 5.02 Å². The molecule has 6 nitrogen and oxygen atoms in total. The number of guanidine groups is 1. The second-order valence-corrected chi connectivity index (χ2v) is 5.45. The molecule has 2 aromatic rings. The van der Waals surface area contributed by atoms with Crippen molar-refractivity contribution < 1.29 is 13.9 Å². The number of ether oxygens (including phenoxy) is 1. The van der Waals surface area contributed by atoms with Gasteiger partial charge in [0.1, 0.15) is 17.1 Å². The van der Waals surface area contributed by atoms with E-state index in [2.05, 4.69) is 15.6 Å². The van der Waals surface area contributed by atoms with Crippen LogP contribution in [-0.2, 0) is 17.8 Å². The highest BCUT2D eigenvalue weighted by molar-refractivity contribution is 6.31. The Kier molecular flexibility index (Phi) is 6.26. The van der Waals surface area contributed by atoms with Crippen LogP contribution in [0.1, 0.15) is 27.4 Å². The number of nitrogens with one attached hydrogen (secondary N) is 2. The standard InChI is InChI=1S/C17H20ClN3O3/c1-11-14(16(22)23-3)8-13(24-11)10-21-17(19-2)20-9-12-6-4-5-7-15(12)18/h4-8H,9-10H2,1-3H3,(H2,19,20,21). The second-order valence-electron chi connectivity index (χ2n) is 5.04. The van der Waals surface area contributed by atoms with Crippen LogP contribution in [0, 0.1) is 6.92 Å². The molecule has 0 radical (unpaired) electrons. The van der Waals surface area contributed by atoms with E-state index in [0.29, 0.717) is 41.2 Å². The molecule has 0 saturated carbocycles. The smallest absolute Gasteiger partial charge is 0.341 e. The molecule has 0 saturated heterocycles. The van der Waals surface area contributed by atoms with Crippen LogP contribution in [0.4, 0.5) is 0 Å². The van der Waals surface area contributed by atoms with Crippen LogP contribution in [0.5, 0.6) is 0 Å². The molecule has 1 aromatic carbocycles. The first-order valence-electron chi connectivity index (χ1n) is 7.40. The summed E-state index contributed by atoms with van der Waals surface area (Å²) < 4.78 is 10.3. The van der Waals surface area contributed by atoms with E-state index >= 15 is 0 Å². The van der Waals surface area contributed by atoms with Crippen LogP contribution in [0.3, 0.4) is 0 Å². The first-order chi connectivity index (χ1) is 11.5. The van der Waals surface area contributed by atoms with Gasteiger partial charge in [-0.1, -0.05) is 29.8 Å². The number of carbonyl (C=O) groups is 1. The molecule has 0 spiro atoms. The van der Waals surface area contributed by atoms with E-state index in [9.17, 15) is 4.79 Å². The number of carbonyl (C=O) groups excluding carboxylic acids is 1. The summed E-state index contributed by atoms with van der Waals surface area (Å²) in [6.07, 6.45) is 0. The van der Waals surface area contributed by atoms with Crippen molar-refractivity contribution in [2.24, 2.45) is 4.99 Å². The third kappa shape index (κ3) is 4.52. The zero-order chi connectivity index (χ0) is 17.5. The number of hydrogen-bond donors (Lipinski definition) is 2. The van der Waals surface area contributed by atoms with Gasteiger partial charge in [0.05, 0.1) is 13.7 Å². The lowest BCUT2D eigenvalue weighted by atomic mass is 10.2. The van der Waals surface area contributed by atoms with Gasteiger partial charge in [-0.2, -0.15) is 0 Å². The fraction of sp³-hybridized carbons (Fsp3) is 0.294. The van der Waals surface area contributed by atoms with Crippen molar-refractivity contribution in [3.63, 3.8) is 0 Å². The lowest BCUT2D eigenvalue weighted by Gasteiger charge is -2.11. The number of hydrogen-bond acceptors (Lipinski definition) is 4. The first kappa shape index (κ1) is 17.9. The third-order valence-electron chi connectivity index (χ3n) is 3.43. The summed E-state index contributed by atoms with van der Waals surface area (Å²) in [5, 5.41) is 7.00. The number of furan rings is 1. The number of aryl methyl sites for hydroxylation is 1. The van der Waals surface area contributed by atoms with Crippen molar-refractivity contribution in [1.82, 2.24) is 10.6 Å². The van der Waals surface area contributed by atoms with Crippen LogP contribution >= 0.6 is 11.6 Å². The number of benzene rings is 1. The molecule has 0 fully saturated rings. The highest BCUT2D eigenvalue weighted by Crippen LogP contribution is 2.16. The molecule has 2 N–H and O–H groups in total. The number of halogens is 1. The Morgan fingerprint density at radius 2 is 2.00 bits per heavy atom. The predicted octanol–water partition coefficient (Wildman–Crippen LogP) is 2.89. The zero-order valence-electron chi connectivity index (χ0n) is 13.9. The number of methoxy groups -OCH3 is 1. The Morgan fingerprint density at radius 1 is 1.29 bits per heavy atom. The summed E-state index contributed by atoms with van der Waals surface area (Å²) >= 11 is 6.13. The molecule has 1 heterocycles. The van der Waals surface area contributed by atoms with E-state index in [1.807, 2.05) is 24.3 Å². The molecule has 0 aliphatic carbocycles. The van der Waals surface area contributed by atoms with Gasteiger partial charge >= 0.3 is 5.97 Å². The van der Waals surface area contributed by atoms with E-state index in [0.717, 1.165) is 5.56 Å². The van der Waals surface area contributed by atoms with Crippen molar-refractivity contribution in [1.29, 1.82) is 0 Å². The third-order valence-corrected chi connectivity index (χ3v) is 3.80. The van der Waals surface area contributed by atoms with Crippen molar-refractivity contribution in [3.05, 3.63) is 58.0 Å². The average molecular weight is 350 g/mol. The quantitative estimate of drug-likeness (QED) is 0.493. The van der Waals surface area contributed by atoms with E-state index in [-0.39, 0.29) is 0 Å². The summed E-state index contributed by atoms with van der Waals surface area (Å²) in [5.41, 5.74) is 1.40. The van der Waals surface area contributed by atoms with Crippen molar-refractivity contribution >= 4 is 23.5 Å². The molecule has 0 amide bonds. The summed E-state index contributed by atoms with van der Waals surface area (Å²) in [6.45, 7) is 2.66. The SMILES string of the molecule is CN=C(NCc1cc(C(=O)OC)c(C)o1)NCc1ccccc1Cl. The fourth-order valence-corrected chi connectivity index (χ4v) is 2.36. The van der Waals surface area contributed by atoms with Gasteiger partial charge in [0.25, 0.3) is 0 Å². The molecule has 0 aliphatic heterocycles. The Hall–Kier alpha value is -2.47. The summed E-state index contributed by atoms with van der Waals surface area (Å²) in [6, 6.07) is 9.27. The number of aliphatic imine (C=N–C) groups is 1. The Bertz CT molecular complexity index is 740. The van der Waals surface area contributed by atoms with Gasteiger partial charge in [-0.05, 0) is 24.6 Å². The molecule has 0 atom stereocenters. The molecule has 0 aliphatic rings. The minimum absolute atomic E-state index is 0.389. The van der Waals surface area contributed by atoms with E-state index in [1.165, 1.54) is 7.11 Å². The van der Waals surface area contributed by atoms with Crippen LogP contribution in [0.25, 0.3) is 0 Å². The lowest BCUT2D eigenvalue weighted by Crippen LogP contribution is -2.36. The van der Waals surface area contributed by atoms with Crippen LogP contribution in [0.15, 0.2) is 39.7 Å². The van der Waals surface area contributed by atoms with E-state index < -0.39 is 5.97 Å². The molecule has 128 valence electrons. The zero-order valence-corrected chi connectivity index (χ0v) is 14.6. The molecular formula is C17H20ClN3O3. The fourth-order valence-electron chi connectivity index (χ4n) is 2.16. The van der Waals surface area contributed by atoms with E-state index in [1.54, 1.807) is 20.0 Å². The second kappa shape index (κ2) is 8.40. The monoisotopic (exact) mass is 349 g/mol. The Labute approximate surface area is 145 Å². The minimum Gasteiger partial charge on any atom is -0.465 e. The van der Waals surface area contributed by atoms with Gasteiger partial charge in [-0.25, -0.2) is 4.79 Å². The molecule has 7 heteroatoms. The van der Waals surface area contributed by atoms with Crippen molar-refractivity contribution in [2.75, 3.05) is 14.2 Å². The summed E-state index contributed by atoms with van der Waals surface area (Å²) in [5.74, 6) is 1.33. The van der Waals surface area contributed by atoms with Gasteiger partial charge in [-0.3, -0.25) is 4.99 Å². The van der Waals surface area contributed by atoms with Crippen molar-refractivity contribution in [2.45, 2.75) is 20.0 Å². The topological polar surface area (TPSA) is 75.9 Å². The predicted molar refractivity (Wildman–Crippen MR) is 93.3 cm³/mol. The number of rotatable bonds is 5.